The second kappa shape index (κ2) is 8.56. The normalized spacial score (nSPS) is 13.0. The highest BCUT2D eigenvalue weighted by Crippen LogP contribution is 2.26. The van der Waals surface area contributed by atoms with Crippen LogP contribution < -0.4 is 5.32 Å². The summed E-state index contributed by atoms with van der Waals surface area (Å²) in [4.78, 5) is 24.3. The van der Waals surface area contributed by atoms with Crippen LogP contribution >= 0.6 is 0 Å². The molecule has 1 amide bonds. The number of amides is 1. The van der Waals surface area contributed by atoms with Gasteiger partial charge in [-0.05, 0) is 43.0 Å². The van der Waals surface area contributed by atoms with Crippen molar-refractivity contribution in [2.24, 2.45) is 0 Å². The zero-order chi connectivity index (χ0) is 19.3. The monoisotopic (exact) mass is 361 g/mol. The third kappa shape index (κ3) is 4.88. The quantitative estimate of drug-likeness (QED) is 0.761. The van der Waals surface area contributed by atoms with Crippen LogP contribution in [0.4, 0.5) is 14.5 Å². The Balaban J connectivity index is 2.07. The maximum absolute atomic E-state index is 13.2. The van der Waals surface area contributed by atoms with Crippen LogP contribution in [0.3, 0.4) is 0 Å². The zero-order valence-electron chi connectivity index (χ0n) is 14.9. The van der Waals surface area contributed by atoms with Crippen molar-refractivity contribution >= 4 is 17.6 Å². The third-order valence-corrected chi connectivity index (χ3v) is 4.11. The van der Waals surface area contributed by atoms with E-state index < -0.39 is 29.6 Å². The van der Waals surface area contributed by atoms with Gasteiger partial charge in [0.15, 0.2) is 6.10 Å². The van der Waals surface area contributed by atoms with Crippen LogP contribution in [0.15, 0.2) is 42.5 Å². The summed E-state index contributed by atoms with van der Waals surface area (Å²) in [6, 6.07) is 9.75. The van der Waals surface area contributed by atoms with E-state index in [-0.39, 0.29) is 11.5 Å². The molecule has 1 N–H and O–H groups in total. The van der Waals surface area contributed by atoms with Crippen LogP contribution in [0, 0.1) is 11.6 Å². The van der Waals surface area contributed by atoms with Crippen molar-refractivity contribution in [3.8, 4) is 0 Å². The maximum Gasteiger partial charge on any atom is 0.339 e. The molecule has 0 fully saturated rings. The minimum absolute atomic E-state index is 0.250. The van der Waals surface area contributed by atoms with Crippen molar-refractivity contribution in [3.63, 3.8) is 0 Å². The lowest BCUT2D eigenvalue weighted by Crippen LogP contribution is -2.30. The molecule has 4 nitrogen and oxygen atoms in total. The summed E-state index contributed by atoms with van der Waals surface area (Å²) < 4.78 is 31.4. The first-order valence-corrected chi connectivity index (χ1v) is 8.38. The highest BCUT2D eigenvalue weighted by atomic mass is 19.1. The number of hydrogen-bond donors (Lipinski definition) is 1. The Labute approximate surface area is 151 Å². The fraction of sp³-hybridized carbons (Fsp3) is 0.300. The molecule has 0 heterocycles. The number of ether oxygens (including phenoxy) is 1. The van der Waals surface area contributed by atoms with Gasteiger partial charge in [0.25, 0.3) is 5.91 Å². The van der Waals surface area contributed by atoms with Gasteiger partial charge in [-0.1, -0.05) is 32.0 Å². The largest absolute Gasteiger partial charge is 0.449 e. The number of carbonyl (C=O) groups is 2. The van der Waals surface area contributed by atoms with E-state index in [4.69, 9.17) is 4.74 Å². The Bertz CT molecular complexity index is 787. The number of nitrogens with one attached hydrogen (secondary N) is 1. The molecule has 2 aromatic carbocycles. The Hall–Kier alpha value is -2.76. The Morgan fingerprint density at radius 3 is 2.31 bits per heavy atom. The summed E-state index contributed by atoms with van der Waals surface area (Å²) in [5.41, 5.74) is 1.34. The molecule has 26 heavy (non-hydrogen) atoms. The van der Waals surface area contributed by atoms with Crippen LogP contribution in [-0.2, 0) is 9.53 Å². The van der Waals surface area contributed by atoms with Gasteiger partial charge in [0.05, 0.1) is 5.56 Å². The van der Waals surface area contributed by atoms with Crippen LogP contribution in [0.25, 0.3) is 0 Å². The number of benzene rings is 2. The lowest BCUT2D eigenvalue weighted by atomic mass is 9.97. The van der Waals surface area contributed by atoms with Gasteiger partial charge in [0.1, 0.15) is 11.6 Å². The number of hydrogen-bond acceptors (Lipinski definition) is 3. The number of halogens is 2. The molecule has 0 saturated carbocycles. The van der Waals surface area contributed by atoms with E-state index in [1.165, 1.54) is 6.92 Å². The Kier molecular flexibility index (Phi) is 6.44. The molecule has 0 aromatic heterocycles. The van der Waals surface area contributed by atoms with Gasteiger partial charge in [-0.15, -0.1) is 0 Å². The molecular weight excluding hydrogens is 340 g/mol. The topological polar surface area (TPSA) is 55.4 Å². The number of para-hydroxylation sites is 1. The highest BCUT2D eigenvalue weighted by Gasteiger charge is 2.21. The lowest BCUT2D eigenvalue weighted by Gasteiger charge is -2.18. The summed E-state index contributed by atoms with van der Waals surface area (Å²) >= 11 is 0. The molecule has 2 aromatic rings. The maximum atomic E-state index is 13.2. The van der Waals surface area contributed by atoms with Gasteiger partial charge >= 0.3 is 5.97 Å². The van der Waals surface area contributed by atoms with Crippen LogP contribution in [0.5, 0.6) is 0 Å². The molecule has 2 rings (SSSR count). The molecule has 6 heteroatoms. The average Bonchev–Trinajstić information content (AvgIpc) is 2.60. The lowest BCUT2D eigenvalue weighted by molar-refractivity contribution is -0.123. The predicted octanol–water partition coefficient (Wildman–Crippen LogP) is 4.66. The van der Waals surface area contributed by atoms with Gasteiger partial charge < -0.3 is 10.1 Å². The average molecular weight is 361 g/mol. The molecule has 2 atom stereocenters. The van der Waals surface area contributed by atoms with Crippen molar-refractivity contribution in [2.75, 3.05) is 5.32 Å². The number of anilines is 1. The molecule has 0 unspecified atom stereocenters. The van der Waals surface area contributed by atoms with Crippen molar-refractivity contribution < 1.29 is 23.1 Å². The van der Waals surface area contributed by atoms with Gasteiger partial charge in [-0.2, -0.15) is 0 Å². The van der Waals surface area contributed by atoms with Gasteiger partial charge in [0.2, 0.25) is 0 Å². The zero-order valence-corrected chi connectivity index (χ0v) is 14.9. The fourth-order valence-electron chi connectivity index (χ4n) is 2.45. The van der Waals surface area contributed by atoms with E-state index in [2.05, 4.69) is 5.32 Å². The number of esters is 1. The second-order valence-electron chi connectivity index (χ2n) is 6.09. The fourth-order valence-corrected chi connectivity index (χ4v) is 2.45. The predicted molar refractivity (Wildman–Crippen MR) is 95.0 cm³/mol. The number of rotatable bonds is 6. The van der Waals surface area contributed by atoms with E-state index >= 15 is 0 Å². The SMILES string of the molecule is CC[C@H](C)c1ccccc1NC(=O)[C@@H](C)OC(=O)c1cc(F)cc(F)c1. The molecule has 0 spiro atoms. The molecule has 0 radical (unpaired) electrons. The molecule has 0 bridgehead atoms. The minimum atomic E-state index is -1.13. The summed E-state index contributed by atoms with van der Waals surface area (Å²) in [5.74, 6) is -3.03. The van der Waals surface area contributed by atoms with Crippen LogP contribution in [0.1, 0.15) is 49.0 Å². The van der Waals surface area contributed by atoms with E-state index in [9.17, 15) is 18.4 Å². The van der Waals surface area contributed by atoms with E-state index in [0.717, 1.165) is 24.1 Å². The van der Waals surface area contributed by atoms with Crippen molar-refractivity contribution in [2.45, 2.75) is 39.2 Å². The smallest absolute Gasteiger partial charge is 0.339 e. The van der Waals surface area contributed by atoms with E-state index in [0.29, 0.717) is 11.8 Å². The Morgan fingerprint density at radius 1 is 1.08 bits per heavy atom. The van der Waals surface area contributed by atoms with Gasteiger partial charge in [0, 0.05) is 11.8 Å². The first kappa shape index (κ1) is 19.6. The van der Waals surface area contributed by atoms with Crippen molar-refractivity contribution in [3.05, 3.63) is 65.2 Å². The van der Waals surface area contributed by atoms with E-state index in [1.807, 2.05) is 26.0 Å². The minimum Gasteiger partial charge on any atom is -0.449 e. The highest BCUT2D eigenvalue weighted by molar-refractivity contribution is 5.97. The van der Waals surface area contributed by atoms with Gasteiger partial charge in [-0.3, -0.25) is 4.79 Å². The third-order valence-electron chi connectivity index (χ3n) is 4.11. The van der Waals surface area contributed by atoms with Crippen LogP contribution in [0.2, 0.25) is 0 Å². The van der Waals surface area contributed by atoms with Crippen molar-refractivity contribution in [1.82, 2.24) is 0 Å². The Morgan fingerprint density at radius 2 is 1.69 bits per heavy atom. The van der Waals surface area contributed by atoms with Crippen LogP contribution in [-0.4, -0.2) is 18.0 Å². The molecule has 0 saturated heterocycles. The summed E-state index contributed by atoms with van der Waals surface area (Å²) in [5, 5.41) is 2.74. The molecule has 0 aliphatic rings. The van der Waals surface area contributed by atoms with Crippen molar-refractivity contribution in [1.29, 1.82) is 0 Å². The molecule has 0 aliphatic heterocycles. The standard InChI is InChI=1S/C20H21F2NO3/c1-4-12(2)17-7-5-6-8-18(17)23-19(24)13(3)26-20(25)14-9-15(21)11-16(22)10-14/h5-13H,4H2,1-3H3,(H,23,24)/t12-,13+/m0/s1. The first-order valence-electron chi connectivity index (χ1n) is 8.38. The van der Waals surface area contributed by atoms with Gasteiger partial charge in [-0.25, -0.2) is 13.6 Å². The number of carbonyl (C=O) groups excluding carboxylic acids is 2. The second-order valence-corrected chi connectivity index (χ2v) is 6.09. The van der Waals surface area contributed by atoms with E-state index in [1.54, 1.807) is 12.1 Å². The summed E-state index contributed by atoms with van der Waals surface area (Å²) in [6.45, 7) is 5.49. The summed E-state index contributed by atoms with van der Waals surface area (Å²) in [6.07, 6.45) is -0.221. The molecular formula is C20H21F2NO3. The molecule has 0 aliphatic carbocycles. The first-order chi connectivity index (χ1) is 12.3. The molecule has 138 valence electrons. The summed E-state index contributed by atoms with van der Waals surface area (Å²) in [7, 11) is 0.